The van der Waals surface area contributed by atoms with Gasteiger partial charge in [0.2, 0.25) is 5.96 Å². The van der Waals surface area contributed by atoms with E-state index in [-0.39, 0.29) is 30.4 Å². The Balaban J connectivity index is 2.25. The molecular formula is C31H48N6O9. The van der Waals surface area contributed by atoms with Crippen LogP contribution in [0.2, 0.25) is 0 Å². The molecule has 0 saturated heterocycles. The molecule has 15 nitrogen and oxygen atoms in total. The van der Waals surface area contributed by atoms with Crippen LogP contribution in [0.1, 0.15) is 93.5 Å². The topological polar surface area (TPSA) is 195 Å². The maximum atomic E-state index is 12.6. The number of guanidine groups is 1. The van der Waals surface area contributed by atoms with E-state index in [1.807, 2.05) is 26.8 Å². The Labute approximate surface area is 269 Å². The van der Waals surface area contributed by atoms with Gasteiger partial charge >= 0.3 is 18.2 Å². The highest BCUT2D eigenvalue weighted by atomic mass is 16.7. The summed E-state index contributed by atoms with van der Waals surface area (Å²) in [7, 11) is 2.81. The number of hydrogen-bond acceptors (Lipinski definition) is 11. The Hall–Kier alpha value is -4.53. The molecule has 1 heterocycles. The first kappa shape index (κ1) is 37.7. The number of aliphatic hydroxyl groups excluding tert-OH is 1. The molecule has 0 aliphatic heterocycles. The average Bonchev–Trinajstić information content (AvgIpc) is 3.43. The number of hydrogen-bond donors (Lipinski definition) is 5. The third-order valence-corrected chi connectivity index (χ3v) is 6.37. The SMILES string of the molecule is COC(=O)c1cnc(C(O)C(CCCN=C(NOc2c(C)cc(OC)c(C)c2C)NC(=O)OC(C)(C)C)NC(=O)OC(C)(C)C)[nH]1. The van der Waals surface area contributed by atoms with E-state index in [9.17, 15) is 19.5 Å². The molecule has 1 aromatic carbocycles. The molecule has 46 heavy (non-hydrogen) atoms. The number of esters is 1. The van der Waals surface area contributed by atoms with Crippen molar-refractivity contribution in [1.29, 1.82) is 0 Å². The molecule has 5 N–H and O–H groups in total. The van der Waals surface area contributed by atoms with Crippen LogP contribution in [-0.2, 0) is 14.2 Å². The van der Waals surface area contributed by atoms with Crippen molar-refractivity contribution in [2.45, 2.75) is 98.5 Å². The predicted molar refractivity (Wildman–Crippen MR) is 170 cm³/mol. The number of alkyl carbamates (subject to hydrolysis) is 2. The first-order chi connectivity index (χ1) is 21.3. The van der Waals surface area contributed by atoms with Crippen molar-refractivity contribution >= 4 is 24.1 Å². The first-order valence-corrected chi connectivity index (χ1v) is 14.8. The van der Waals surface area contributed by atoms with Crippen LogP contribution in [0.5, 0.6) is 11.5 Å². The van der Waals surface area contributed by atoms with Crippen molar-refractivity contribution in [3.63, 3.8) is 0 Å². The summed E-state index contributed by atoms with van der Waals surface area (Å²) in [5, 5.41) is 16.3. The van der Waals surface area contributed by atoms with Gasteiger partial charge in [-0.15, -0.1) is 0 Å². The summed E-state index contributed by atoms with van der Waals surface area (Å²) in [5.74, 6) is 0.620. The molecule has 0 bridgehead atoms. The van der Waals surface area contributed by atoms with Crippen molar-refractivity contribution in [2.24, 2.45) is 4.99 Å². The summed E-state index contributed by atoms with van der Waals surface area (Å²) in [5.41, 5.74) is 3.73. The summed E-state index contributed by atoms with van der Waals surface area (Å²) >= 11 is 0. The molecule has 15 heteroatoms. The number of methoxy groups -OCH3 is 2. The van der Waals surface area contributed by atoms with Crippen LogP contribution in [0.15, 0.2) is 17.3 Å². The molecule has 2 atom stereocenters. The van der Waals surface area contributed by atoms with Crippen LogP contribution >= 0.6 is 0 Å². The van der Waals surface area contributed by atoms with Crippen molar-refractivity contribution in [3.8, 4) is 11.5 Å². The second-order valence-corrected chi connectivity index (χ2v) is 12.5. The molecule has 2 aromatic rings. The van der Waals surface area contributed by atoms with Gasteiger partial charge in [0.05, 0.1) is 26.5 Å². The molecule has 2 unspecified atom stereocenters. The van der Waals surface area contributed by atoms with Gasteiger partial charge in [0.25, 0.3) is 0 Å². The number of nitrogens with one attached hydrogen (secondary N) is 4. The largest absolute Gasteiger partial charge is 0.496 e. The zero-order valence-electron chi connectivity index (χ0n) is 28.5. The molecule has 256 valence electrons. The lowest BCUT2D eigenvalue weighted by atomic mass is 10.0. The zero-order valence-corrected chi connectivity index (χ0v) is 28.5. The molecule has 0 aliphatic carbocycles. The van der Waals surface area contributed by atoms with Crippen LogP contribution in [-0.4, -0.2) is 77.2 Å². The van der Waals surface area contributed by atoms with E-state index >= 15 is 0 Å². The number of hydroxylamine groups is 1. The molecule has 2 amide bonds. The van der Waals surface area contributed by atoms with Crippen molar-refractivity contribution in [3.05, 3.63) is 40.5 Å². The van der Waals surface area contributed by atoms with Crippen LogP contribution in [0, 0.1) is 20.8 Å². The normalized spacial score (nSPS) is 13.3. The van der Waals surface area contributed by atoms with Crippen LogP contribution in [0.25, 0.3) is 0 Å². The first-order valence-electron chi connectivity index (χ1n) is 14.8. The number of imidazole rings is 1. The fourth-order valence-corrected chi connectivity index (χ4v) is 4.15. The molecule has 0 saturated carbocycles. The van der Waals surface area contributed by atoms with Crippen molar-refractivity contribution in [1.82, 2.24) is 26.1 Å². The maximum absolute atomic E-state index is 12.6. The van der Waals surface area contributed by atoms with Crippen molar-refractivity contribution in [2.75, 3.05) is 20.8 Å². The molecule has 2 rings (SSSR count). The highest BCUT2D eigenvalue weighted by Gasteiger charge is 2.28. The number of aromatic nitrogens is 2. The zero-order chi connectivity index (χ0) is 34.8. The number of carbonyl (C=O) groups is 3. The third kappa shape index (κ3) is 11.8. The van der Waals surface area contributed by atoms with Gasteiger partial charge in [0.15, 0.2) is 5.75 Å². The second kappa shape index (κ2) is 16.2. The Morgan fingerprint density at radius 3 is 2.22 bits per heavy atom. The van der Waals surface area contributed by atoms with E-state index in [1.54, 1.807) is 48.7 Å². The Morgan fingerprint density at radius 1 is 1.00 bits per heavy atom. The number of aryl methyl sites for hydroxylation is 1. The van der Waals surface area contributed by atoms with Gasteiger partial charge in [-0.1, -0.05) is 0 Å². The van der Waals surface area contributed by atoms with Gasteiger partial charge in [-0.25, -0.2) is 19.4 Å². The number of aliphatic hydroxyl groups is 1. The number of H-pyrrole nitrogens is 1. The Morgan fingerprint density at radius 2 is 1.63 bits per heavy atom. The lowest BCUT2D eigenvalue weighted by molar-refractivity contribution is 0.0401. The monoisotopic (exact) mass is 648 g/mol. The number of benzene rings is 1. The summed E-state index contributed by atoms with van der Waals surface area (Å²) in [6.45, 7) is 16.1. The predicted octanol–water partition coefficient (Wildman–Crippen LogP) is 4.30. The number of amides is 2. The van der Waals surface area contributed by atoms with Gasteiger partial charge in [-0.05, 0) is 92.3 Å². The van der Waals surface area contributed by atoms with Crippen LogP contribution < -0.4 is 25.7 Å². The lowest BCUT2D eigenvalue weighted by Gasteiger charge is -2.26. The van der Waals surface area contributed by atoms with E-state index in [4.69, 9.17) is 19.0 Å². The summed E-state index contributed by atoms with van der Waals surface area (Å²) in [4.78, 5) is 54.2. The van der Waals surface area contributed by atoms with E-state index in [2.05, 4.69) is 35.8 Å². The summed E-state index contributed by atoms with van der Waals surface area (Å²) in [6, 6.07) is 0.953. The third-order valence-electron chi connectivity index (χ3n) is 6.37. The number of carbonyl (C=O) groups excluding carboxylic acids is 3. The highest BCUT2D eigenvalue weighted by molar-refractivity contribution is 5.93. The number of nitrogens with zero attached hydrogens (tertiary/aromatic N) is 2. The average molecular weight is 649 g/mol. The summed E-state index contributed by atoms with van der Waals surface area (Å²) in [6.07, 6.45) is -1.08. The Bertz CT molecular complexity index is 1390. The quantitative estimate of drug-likeness (QED) is 0.0582. The van der Waals surface area contributed by atoms with Gasteiger partial charge in [-0.3, -0.25) is 10.3 Å². The van der Waals surface area contributed by atoms with E-state index in [0.717, 1.165) is 22.4 Å². The molecular weight excluding hydrogens is 600 g/mol. The van der Waals surface area contributed by atoms with E-state index < -0.39 is 41.5 Å². The number of ether oxygens (including phenoxy) is 4. The van der Waals surface area contributed by atoms with Gasteiger partial charge in [-0.2, -0.15) is 5.48 Å². The molecule has 0 spiro atoms. The molecule has 1 aromatic heterocycles. The van der Waals surface area contributed by atoms with E-state index in [0.29, 0.717) is 12.2 Å². The smallest absolute Gasteiger partial charge is 0.414 e. The number of aliphatic imine (C=N–C) groups is 1. The maximum Gasteiger partial charge on any atom is 0.414 e. The lowest BCUT2D eigenvalue weighted by Crippen LogP contribution is -2.45. The summed E-state index contributed by atoms with van der Waals surface area (Å²) < 4.78 is 20.9. The van der Waals surface area contributed by atoms with Crippen molar-refractivity contribution < 1.29 is 43.3 Å². The molecule has 0 fully saturated rings. The fraction of sp³-hybridized carbons (Fsp3) is 0.581. The van der Waals surface area contributed by atoms with Gasteiger partial charge in [0.1, 0.15) is 34.6 Å². The van der Waals surface area contributed by atoms with E-state index in [1.165, 1.54) is 13.3 Å². The fourth-order valence-electron chi connectivity index (χ4n) is 4.15. The highest BCUT2D eigenvalue weighted by Crippen LogP contribution is 2.32. The molecule has 0 radical (unpaired) electrons. The minimum absolute atomic E-state index is 0.0209. The van der Waals surface area contributed by atoms with Gasteiger partial charge < -0.3 is 39.2 Å². The second-order valence-electron chi connectivity index (χ2n) is 12.5. The number of rotatable bonds is 11. The van der Waals surface area contributed by atoms with Crippen LogP contribution in [0.4, 0.5) is 9.59 Å². The Kier molecular flexibility index (Phi) is 13.2. The van der Waals surface area contributed by atoms with Gasteiger partial charge in [0, 0.05) is 12.1 Å². The minimum atomic E-state index is -1.33. The van der Waals surface area contributed by atoms with Crippen LogP contribution in [0.3, 0.4) is 0 Å². The number of aromatic amines is 1. The minimum Gasteiger partial charge on any atom is -0.496 e. The standard InChI is InChI=1S/C31H48N6O9/c1-17-15-22(42-10)18(2)19(3)24(17)46-37-27(36-29(41)45-31(7,8)9)32-14-12-13-20(35-28(40)44-30(4,5)6)23(38)25-33-16-21(34-25)26(39)43-11/h15-16,20,23,38H,12-14H2,1-11H3,(H,33,34)(H,35,40)(H2,32,36,37,41). The molecule has 0 aliphatic rings.